The number of halogens is 1. The summed E-state index contributed by atoms with van der Waals surface area (Å²) in [6, 6.07) is 17.0. The van der Waals surface area contributed by atoms with Gasteiger partial charge in [-0.15, -0.1) is 0 Å². The number of nitro groups is 1. The molecule has 3 aromatic rings. The smallest absolute Gasteiger partial charge is 0.315 e. The van der Waals surface area contributed by atoms with Crippen LogP contribution in [0.4, 0.5) is 5.69 Å². The fraction of sp³-hybridized carbons (Fsp3) is 0.130. The van der Waals surface area contributed by atoms with Crippen LogP contribution in [-0.4, -0.2) is 24.2 Å². The molecule has 0 saturated carbocycles. The maximum atomic E-state index is 12.2. The van der Waals surface area contributed by atoms with Gasteiger partial charge in [0.05, 0.1) is 28.8 Å². The van der Waals surface area contributed by atoms with E-state index in [1.54, 1.807) is 24.3 Å². The monoisotopic (exact) mass is 453 g/mol. The summed E-state index contributed by atoms with van der Waals surface area (Å²) in [5, 5.41) is 15.8. The third kappa shape index (κ3) is 5.61. The number of nitro benzene ring substituents is 1. The lowest BCUT2D eigenvalue weighted by molar-refractivity contribution is -0.386. The Bertz CT molecular complexity index is 1160. The summed E-state index contributed by atoms with van der Waals surface area (Å²) in [5.74, 6) is -0.327. The van der Waals surface area contributed by atoms with Gasteiger partial charge in [0.2, 0.25) is 5.75 Å². The molecule has 0 fully saturated rings. The van der Waals surface area contributed by atoms with E-state index in [-0.39, 0.29) is 34.4 Å². The number of rotatable bonds is 8. The molecule has 0 radical (unpaired) electrons. The molecular formula is C23H20ClN3O5. The van der Waals surface area contributed by atoms with Gasteiger partial charge in [0.25, 0.3) is 5.91 Å². The molecule has 3 rings (SSSR count). The molecule has 0 aliphatic carbocycles. The quantitative estimate of drug-likeness (QED) is 0.296. The zero-order valence-electron chi connectivity index (χ0n) is 17.4. The molecule has 0 atom stereocenters. The molecule has 9 heteroatoms. The van der Waals surface area contributed by atoms with E-state index in [4.69, 9.17) is 21.1 Å². The first kappa shape index (κ1) is 22.8. The Labute approximate surface area is 189 Å². The highest BCUT2D eigenvalue weighted by Gasteiger charge is 2.22. The Morgan fingerprint density at radius 3 is 2.56 bits per heavy atom. The zero-order chi connectivity index (χ0) is 23.1. The second-order valence-corrected chi connectivity index (χ2v) is 7.19. The molecule has 8 nitrogen and oxygen atoms in total. The van der Waals surface area contributed by atoms with Gasteiger partial charge in [0.15, 0.2) is 5.75 Å². The predicted octanol–water partition coefficient (Wildman–Crippen LogP) is 4.91. The summed E-state index contributed by atoms with van der Waals surface area (Å²) < 4.78 is 11.0. The fourth-order valence-electron chi connectivity index (χ4n) is 2.83. The maximum absolute atomic E-state index is 12.2. The summed E-state index contributed by atoms with van der Waals surface area (Å²) in [5.41, 5.74) is 4.63. The summed E-state index contributed by atoms with van der Waals surface area (Å²) in [7, 11) is 1.39. The third-order valence-electron chi connectivity index (χ3n) is 4.48. The van der Waals surface area contributed by atoms with E-state index in [0.717, 1.165) is 11.1 Å². The van der Waals surface area contributed by atoms with Crippen molar-refractivity contribution in [2.45, 2.75) is 13.5 Å². The molecule has 0 unspecified atom stereocenters. The molecule has 0 aliphatic heterocycles. The largest absolute Gasteiger partial charge is 0.493 e. The van der Waals surface area contributed by atoms with E-state index in [9.17, 15) is 14.9 Å². The van der Waals surface area contributed by atoms with Gasteiger partial charge >= 0.3 is 5.69 Å². The van der Waals surface area contributed by atoms with Gasteiger partial charge in [0, 0.05) is 11.6 Å². The number of hydrogen-bond donors (Lipinski definition) is 1. The third-order valence-corrected chi connectivity index (χ3v) is 4.81. The van der Waals surface area contributed by atoms with Crippen LogP contribution in [0.1, 0.15) is 27.0 Å². The van der Waals surface area contributed by atoms with Crippen molar-refractivity contribution in [1.82, 2.24) is 5.43 Å². The van der Waals surface area contributed by atoms with Crippen molar-refractivity contribution in [2.75, 3.05) is 7.11 Å². The van der Waals surface area contributed by atoms with Crippen LogP contribution < -0.4 is 14.9 Å². The van der Waals surface area contributed by atoms with Crippen LogP contribution in [0.25, 0.3) is 0 Å². The summed E-state index contributed by atoms with van der Waals surface area (Å²) in [6.07, 6.45) is 1.27. The van der Waals surface area contributed by atoms with E-state index in [1.807, 2.05) is 31.2 Å². The summed E-state index contributed by atoms with van der Waals surface area (Å²) >= 11 is 5.99. The lowest BCUT2D eigenvalue weighted by Crippen LogP contribution is -2.18. The van der Waals surface area contributed by atoms with E-state index < -0.39 is 10.8 Å². The van der Waals surface area contributed by atoms with Crippen LogP contribution in [0.2, 0.25) is 5.02 Å². The number of hydrogen-bond acceptors (Lipinski definition) is 6. The van der Waals surface area contributed by atoms with Crippen LogP contribution >= 0.6 is 11.6 Å². The van der Waals surface area contributed by atoms with Gasteiger partial charge in [0.1, 0.15) is 6.61 Å². The topological polar surface area (TPSA) is 103 Å². The molecule has 0 spiro atoms. The van der Waals surface area contributed by atoms with Crippen LogP contribution in [0, 0.1) is 17.0 Å². The molecule has 0 bridgehead atoms. The average Bonchev–Trinajstić information content (AvgIpc) is 2.78. The van der Waals surface area contributed by atoms with Crippen molar-refractivity contribution in [1.29, 1.82) is 0 Å². The molecule has 32 heavy (non-hydrogen) atoms. The van der Waals surface area contributed by atoms with Crippen LogP contribution in [0.15, 0.2) is 65.8 Å². The highest BCUT2D eigenvalue weighted by Crippen LogP contribution is 2.38. The van der Waals surface area contributed by atoms with Gasteiger partial charge in [-0.1, -0.05) is 53.6 Å². The Morgan fingerprint density at radius 1 is 1.19 bits per heavy atom. The molecule has 1 amide bonds. The van der Waals surface area contributed by atoms with Crippen molar-refractivity contribution in [3.05, 3.63) is 98.1 Å². The van der Waals surface area contributed by atoms with Gasteiger partial charge in [-0.2, -0.15) is 5.10 Å². The van der Waals surface area contributed by atoms with Crippen LogP contribution in [-0.2, 0) is 6.61 Å². The average molecular weight is 454 g/mol. The molecule has 1 N–H and O–H groups in total. The van der Waals surface area contributed by atoms with Gasteiger partial charge in [-0.05, 0) is 30.7 Å². The number of benzene rings is 3. The first-order valence-electron chi connectivity index (χ1n) is 9.51. The number of carbonyl (C=O) groups excluding carboxylic acids is 1. The fourth-order valence-corrected chi connectivity index (χ4v) is 3.05. The lowest BCUT2D eigenvalue weighted by atomic mass is 10.1. The Morgan fingerprint density at radius 2 is 1.91 bits per heavy atom. The Balaban J connectivity index is 1.80. The first-order chi connectivity index (χ1) is 15.4. The van der Waals surface area contributed by atoms with Gasteiger partial charge in [-0.25, -0.2) is 5.43 Å². The maximum Gasteiger partial charge on any atom is 0.315 e. The summed E-state index contributed by atoms with van der Waals surface area (Å²) in [4.78, 5) is 23.3. The first-order valence-corrected chi connectivity index (χ1v) is 9.89. The Hall–Kier alpha value is -3.91. The summed E-state index contributed by atoms with van der Waals surface area (Å²) in [6.45, 7) is 2.11. The highest BCUT2D eigenvalue weighted by molar-refractivity contribution is 6.33. The molecule has 0 heterocycles. The SMILES string of the molecule is COc1cc(/C=N\NC(=O)c2ccccc2Cl)cc([N+](=O)[O-])c1OCc1ccc(C)cc1. The molecule has 0 aromatic heterocycles. The van der Waals surface area contributed by atoms with Crippen LogP contribution in [0.3, 0.4) is 0 Å². The van der Waals surface area contributed by atoms with Crippen molar-refractivity contribution in [2.24, 2.45) is 5.10 Å². The number of ether oxygens (including phenoxy) is 2. The number of aryl methyl sites for hydroxylation is 1. The second-order valence-electron chi connectivity index (χ2n) is 6.78. The van der Waals surface area contributed by atoms with Crippen molar-refractivity contribution < 1.29 is 19.2 Å². The van der Waals surface area contributed by atoms with E-state index in [1.165, 1.54) is 25.5 Å². The molecule has 0 aliphatic rings. The molecule has 3 aromatic carbocycles. The number of nitrogens with one attached hydrogen (secondary N) is 1. The number of methoxy groups -OCH3 is 1. The van der Waals surface area contributed by atoms with Crippen molar-refractivity contribution in [3.63, 3.8) is 0 Å². The number of carbonyl (C=O) groups is 1. The predicted molar refractivity (Wildman–Crippen MR) is 122 cm³/mol. The molecular weight excluding hydrogens is 434 g/mol. The zero-order valence-corrected chi connectivity index (χ0v) is 18.1. The van der Waals surface area contributed by atoms with Crippen molar-refractivity contribution >= 4 is 29.4 Å². The normalized spacial score (nSPS) is 10.7. The minimum absolute atomic E-state index is 0.00956. The molecule has 164 valence electrons. The minimum Gasteiger partial charge on any atom is -0.493 e. The number of nitrogens with zero attached hydrogens (tertiary/aromatic N) is 2. The lowest BCUT2D eigenvalue weighted by Gasteiger charge is -2.12. The van der Waals surface area contributed by atoms with Gasteiger partial charge < -0.3 is 9.47 Å². The van der Waals surface area contributed by atoms with E-state index in [2.05, 4.69) is 10.5 Å². The minimum atomic E-state index is -0.563. The van der Waals surface area contributed by atoms with Gasteiger partial charge in [-0.3, -0.25) is 14.9 Å². The second kappa shape index (κ2) is 10.4. The molecule has 0 saturated heterocycles. The van der Waals surface area contributed by atoms with Crippen LogP contribution in [0.5, 0.6) is 11.5 Å². The number of amides is 1. The number of hydrazone groups is 1. The van der Waals surface area contributed by atoms with E-state index in [0.29, 0.717) is 5.56 Å². The highest BCUT2D eigenvalue weighted by atomic mass is 35.5. The van der Waals surface area contributed by atoms with E-state index >= 15 is 0 Å². The standard InChI is InChI=1S/C23H20ClN3O5/c1-15-7-9-16(10-8-15)14-32-22-20(27(29)30)11-17(12-21(22)31-2)13-25-26-23(28)18-5-3-4-6-19(18)24/h3-13H,14H2,1-2H3,(H,26,28)/b25-13-. The Kier molecular flexibility index (Phi) is 7.41. The van der Waals surface area contributed by atoms with Crippen molar-refractivity contribution in [3.8, 4) is 11.5 Å².